The van der Waals surface area contributed by atoms with Crippen molar-refractivity contribution < 1.29 is 0 Å². The summed E-state index contributed by atoms with van der Waals surface area (Å²) in [4.78, 5) is 6.93. The summed E-state index contributed by atoms with van der Waals surface area (Å²) in [6.07, 6.45) is 4.02. The number of piperidine rings is 1. The van der Waals surface area contributed by atoms with Crippen LogP contribution in [0.1, 0.15) is 24.0 Å². The number of hydrogen-bond acceptors (Lipinski definition) is 4. The van der Waals surface area contributed by atoms with E-state index in [1.54, 1.807) is 6.20 Å². The summed E-state index contributed by atoms with van der Waals surface area (Å²) in [7, 11) is 0. The maximum atomic E-state index is 5.76. The Balaban J connectivity index is 1.51. The molecule has 0 unspecified atom stereocenters. The van der Waals surface area contributed by atoms with E-state index in [1.807, 2.05) is 6.07 Å². The van der Waals surface area contributed by atoms with E-state index >= 15 is 0 Å². The number of nitrogens with one attached hydrogen (secondary N) is 1. The third-order valence-electron chi connectivity index (χ3n) is 4.28. The van der Waals surface area contributed by atoms with Crippen LogP contribution in [-0.4, -0.2) is 29.0 Å². The van der Waals surface area contributed by atoms with Gasteiger partial charge in [-0.1, -0.05) is 30.3 Å². The van der Waals surface area contributed by atoms with Gasteiger partial charge in [-0.05, 0) is 37.0 Å². The lowest BCUT2D eigenvalue weighted by molar-refractivity contribution is 0.211. The molecule has 22 heavy (non-hydrogen) atoms. The van der Waals surface area contributed by atoms with Crippen molar-refractivity contribution in [3.05, 3.63) is 53.7 Å². The van der Waals surface area contributed by atoms with Crippen LogP contribution < -0.4 is 11.1 Å². The second kappa shape index (κ2) is 6.79. The monoisotopic (exact) mass is 296 g/mol. The number of nitrogen functional groups attached to an aromatic ring is 1. The van der Waals surface area contributed by atoms with E-state index in [-0.39, 0.29) is 0 Å². The zero-order valence-electron chi connectivity index (χ0n) is 13.1. The fourth-order valence-corrected chi connectivity index (χ4v) is 3.02. The predicted octanol–water partition coefficient (Wildman–Crippen LogP) is 3.05. The third kappa shape index (κ3) is 3.77. The molecule has 3 N–H and O–H groups in total. The van der Waals surface area contributed by atoms with Crippen molar-refractivity contribution in [2.75, 3.05) is 24.1 Å². The predicted molar refractivity (Wildman–Crippen MR) is 91.8 cm³/mol. The molecule has 116 valence electrons. The molecule has 3 rings (SSSR count). The summed E-state index contributed by atoms with van der Waals surface area (Å²) >= 11 is 0. The number of pyridine rings is 1. The summed E-state index contributed by atoms with van der Waals surface area (Å²) in [5.74, 6) is 0.968. The first-order chi connectivity index (χ1) is 10.7. The first-order valence-electron chi connectivity index (χ1n) is 7.95. The van der Waals surface area contributed by atoms with Gasteiger partial charge in [-0.25, -0.2) is 4.98 Å². The third-order valence-corrected chi connectivity index (χ3v) is 4.28. The Morgan fingerprint density at radius 3 is 2.64 bits per heavy atom. The topological polar surface area (TPSA) is 54.2 Å². The largest absolute Gasteiger partial charge is 0.397 e. The molecule has 0 bridgehead atoms. The highest BCUT2D eigenvalue weighted by Gasteiger charge is 2.19. The Morgan fingerprint density at radius 2 is 1.95 bits per heavy atom. The van der Waals surface area contributed by atoms with Gasteiger partial charge in [0.1, 0.15) is 5.82 Å². The zero-order valence-corrected chi connectivity index (χ0v) is 13.1. The summed E-state index contributed by atoms with van der Waals surface area (Å²) in [6.45, 7) is 5.35. The minimum absolute atomic E-state index is 0.502. The molecular weight excluding hydrogens is 272 g/mol. The van der Waals surface area contributed by atoms with Crippen molar-refractivity contribution >= 4 is 11.5 Å². The molecule has 0 radical (unpaired) electrons. The van der Waals surface area contributed by atoms with E-state index in [1.165, 1.54) is 5.56 Å². The number of aryl methyl sites for hydroxylation is 1. The van der Waals surface area contributed by atoms with Gasteiger partial charge in [0.05, 0.1) is 11.9 Å². The van der Waals surface area contributed by atoms with E-state index < -0.39 is 0 Å². The van der Waals surface area contributed by atoms with E-state index in [0.717, 1.165) is 49.5 Å². The van der Waals surface area contributed by atoms with Crippen LogP contribution in [0.3, 0.4) is 0 Å². The fraction of sp³-hybridized carbons (Fsp3) is 0.389. The lowest BCUT2D eigenvalue weighted by atomic mass is 10.0. The molecule has 4 heteroatoms. The summed E-state index contributed by atoms with van der Waals surface area (Å²) in [6, 6.07) is 13.2. The van der Waals surface area contributed by atoms with Crippen molar-refractivity contribution in [3.8, 4) is 0 Å². The summed E-state index contributed by atoms with van der Waals surface area (Å²) in [5, 5.41) is 3.57. The van der Waals surface area contributed by atoms with Crippen molar-refractivity contribution in [1.29, 1.82) is 0 Å². The number of nitrogens with zero attached hydrogens (tertiary/aromatic N) is 2. The quantitative estimate of drug-likeness (QED) is 0.910. The van der Waals surface area contributed by atoms with Crippen LogP contribution in [0.25, 0.3) is 0 Å². The van der Waals surface area contributed by atoms with Gasteiger partial charge in [0, 0.05) is 25.7 Å². The molecule has 0 amide bonds. The highest BCUT2D eigenvalue weighted by atomic mass is 15.1. The van der Waals surface area contributed by atoms with Crippen molar-refractivity contribution in [1.82, 2.24) is 9.88 Å². The molecule has 1 aliphatic rings. The lowest BCUT2D eigenvalue weighted by Crippen LogP contribution is -2.38. The SMILES string of the molecule is Cc1cc(N)cnc1NC1CCN(Cc2ccccc2)CC1. The van der Waals surface area contributed by atoms with Gasteiger partial charge < -0.3 is 11.1 Å². The average Bonchev–Trinajstić information content (AvgIpc) is 2.53. The van der Waals surface area contributed by atoms with Crippen LogP contribution >= 0.6 is 0 Å². The van der Waals surface area contributed by atoms with Gasteiger partial charge in [0.15, 0.2) is 0 Å². The summed E-state index contributed by atoms with van der Waals surface area (Å²) < 4.78 is 0. The Morgan fingerprint density at radius 1 is 1.23 bits per heavy atom. The Bertz CT molecular complexity index is 604. The van der Waals surface area contributed by atoms with Gasteiger partial charge in [-0.3, -0.25) is 4.90 Å². The van der Waals surface area contributed by atoms with E-state index in [9.17, 15) is 0 Å². The van der Waals surface area contributed by atoms with Crippen LogP contribution in [0, 0.1) is 6.92 Å². The minimum atomic E-state index is 0.502. The first kappa shape index (κ1) is 14.9. The van der Waals surface area contributed by atoms with Crippen LogP contribution in [-0.2, 0) is 6.54 Å². The molecule has 0 aliphatic carbocycles. The van der Waals surface area contributed by atoms with Gasteiger partial charge in [-0.2, -0.15) is 0 Å². The van der Waals surface area contributed by atoms with Crippen LogP contribution in [0.15, 0.2) is 42.6 Å². The molecule has 1 saturated heterocycles. The second-order valence-corrected chi connectivity index (χ2v) is 6.11. The van der Waals surface area contributed by atoms with Crippen molar-refractivity contribution in [3.63, 3.8) is 0 Å². The zero-order chi connectivity index (χ0) is 15.4. The van der Waals surface area contributed by atoms with E-state index in [4.69, 9.17) is 5.73 Å². The Kier molecular flexibility index (Phi) is 4.59. The molecule has 0 atom stereocenters. The number of likely N-dealkylation sites (tertiary alicyclic amines) is 1. The molecule has 1 fully saturated rings. The second-order valence-electron chi connectivity index (χ2n) is 6.11. The normalized spacial score (nSPS) is 16.6. The van der Waals surface area contributed by atoms with Gasteiger partial charge in [-0.15, -0.1) is 0 Å². The molecule has 1 aliphatic heterocycles. The van der Waals surface area contributed by atoms with E-state index in [0.29, 0.717) is 6.04 Å². The number of rotatable bonds is 4. The number of anilines is 2. The number of benzene rings is 1. The molecule has 2 heterocycles. The lowest BCUT2D eigenvalue weighted by Gasteiger charge is -2.32. The molecule has 1 aromatic heterocycles. The molecule has 2 aromatic rings. The van der Waals surface area contributed by atoms with Crippen LogP contribution in [0.5, 0.6) is 0 Å². The van der Waals surface area contributed by atoms with Crippen molar-refractivity contribution in [2.45, 2.75) is 32.4 Å². The van der Waals surface area contributed by atoms with Crippen LogP contribution in [0.4, 0.5) is 11.5 Å². The van der Waals surface area contributed by atoms with Crippen LogP contribution in [0.2, 0.25) is 0 Å². The first-order valence-corrected chi connectivity index (χ1v) is 7.95. The highest BCUT2D eigenvalue weighted by molar-refractivity contribution is 5.51. The van der Waals surface area contributed by atoms with Gasteiger partial charge in [0.2, 0.25) is 0 Å². The molecule has 1 aromatic carbocycles. The Labute approximate surface area is 132 Å². The molecule has 4 nitrogen and oxygen atoms in total. The number of hydrogen-bond donors (Lipinski definition) is 2. The highest BCUT2D eigenvalue weighted by Crippen LogP contribution is 2.20. The molecular formula is C18H24N4. The Hall–Kier alpha value is -2.07. The summed E-state index contributed by atoms with van der Waals surface area (Å²) in [5.41, 5.74) is 8.99. The maximum absolute atomic E-state index is 5.76. The standard InChI is InChI=1S/C18H24N4/c1-14-11-16(19)12-20-18(14)21-17-7-9-22(10-8-17)13-15-5-3-2-4-6-15/h2-6,11-12,17H,7-10,13,19H2,1H3,(H,20,21). The van der Waals surface area contributed by atoms with Crippen molar-refractivity contribution in [2.24, 2.45) is 0 Å². The minimum Gasteiger partial charge on any atom is -0.397 e. The van der Waals surface area contributed by atoms with Gasteiger partial charge in [0.25, 0.3) is 0 Å². The maximum Gasteiger partial charge on any atom is 0.129 e. The fourth-order valence-electron chi connectivity index (χ4n) is 3.02. The van der Waals surface area contributed by atoms with E-state index in [2.05, 4.69) is 52.5 Å². The number of nitrogens with two attached hydrogens (primary N) is 1. The molecule has 0 spiro atoms. The van der Waals surface area contributed by atoms with Gasteiger partial charge >= 0.3 is 0 Å². The molecule has 0 saturated carbocycles. The number of aromatic nitrogens is 1. The average molecular weight is 296 g/mol. The smallest absolute Gasteiger partial charge is 0.129 e.